The number of amides is 2. The Hall–Kier alpha value is -3.07. The van der Waals surface area contributed by atoms with Crippen LogP contribution in [0.4, 0.5) is 5.69 Å². The van der Waals surface area contributed by atoms with Crippen molar-refractivity contribution in [3.63, 3.8) is 0 Å². The van der Waals surface area contributed by atoms with Crippen LogP contribution in [0.3, 0.4) is 0 Å². The molecule has 0 radical (unpaired) electrons. The molecule has 1 unspecified atom stereocenters. The molecule has 1 saturated carbocycles. The van der Waals surface area contributed by atoms with Gasteiger partial charge in [-0.2, -0.15) is 0 Å². The zero-order valence-electron chi connectivity index (χ0n) is 23.2. The van der Waals surface area contributed by atoms with Gasteiger partial charge in [0.05, 0.1) is 19.1 Å². The van der Waals surface area contributed by atoms with Gasteiger partial charge in [-0.05, 0) is 74.1 Å². The Labute approximate surface area is 227 Å². The van der Waals surface area contributed by atoms with E-state index in [1.807, 2.05) is 39.0 Å². The lowest BCUT2D eigenvalue weighted by atomic mass is 9.95. The summed E-state index contributed by atoms with van der Waals surface area (Å²) in [5.74, 6) is 0.0557. The lowest BCUT2D eigenvalue weighted by Gasteiger charge is -2.34. The molecule has 0 spiro atoms. The molecule has 0 saturated heterocycles. The van der Waals surface area contributed by atoms with E-state index in [1.165, 1.54) is 11.3 Å². The maximum absolute atomic E-state index is 13.9. The first-order valence-corrected chi connectivity index (χ1v) is 15.2. The van der Waals surface area contributed by atoms with Crippen LogP contribution in [0.1, 0.15) is 62.1 Å². The molecule has 9 heteroatoms. The standard InChI is InChI=1S/C29H41N3O5S/c1-6-27(29(34)30-24-10-8-7-9-11-24)31(19-23-13-16-26(37-4)17-14-23)28(33)20-32(38(5,35)36)25-15-12-21(2)22(3)18-25/h12-18,24,27H,6-11,19-20H2,1-5H3,(H,30,34). The van der Waals surface area contributed by atoms with E-state index >= 15 is 0 Å². The monoisotopic (exact) mass is 543 g/mol. The molecule has 8 nitrogen and oxygen atoms in total. The SMILES string of the molecule is CCC(C(=O)NC1CCCCC1)N(Cc1ccc(OC)cc1)C(=O)CN(c1ccc(C)c(C)c1)S(C)(=O)=O. The average Bonchev–Trinajstić information content (AvgIpc) is 2.89. The van der Waals surface area contributed by atoms with Crippen LogP contribution < -0.4 is 14.4 Å². The van der Waals surface area contributed by atoms with Crippen LogP contribution in [0.15, 0.2) is 42.5 Å². The number of nitrogens with zero attached hydrogens (tertiary/aromatic N) is 2. The molecule has 2 aromatic carbocycles. The van der Waals surface area contributed by atoms with Gasteiger partial charge in [0.1, 0.15) is 18.3 Å². The topological polar surface area (TPSA) is 96.0 Å². The van der Waals surface area contributed by atoms with Crippen molar-refractivity contribution in [2.75, 3.05) is 24.2 Å². The molecule has 0 bridgehead atoms. The van der Waals surface area contributed by atoms with Crippen molar-refractivity contribution in [1.29, 1.82) is 0 Å². The Morgan fingerprint density at radius 1 is 1.03 bits per heavy atom. The van der Waals surface area contributed by atoms with Crippen LogP contribution >= 0.6 is 0 Å². The van der Waals surface area contributed by atoms with Crippen LogP contribution in [0.25, 0.3) is 0 Å². The fourth-order valence-corrected chi connectivity index (χ4v) is 5.73. The number of hydrogen-bond donors (Lipinski definition) is 1. The molecule has 1 aliphatic rings. The van der Waals surface area contributed by atoms with Gasteiger partial charge >= 0.3 is 0 Å². The minimum Gasteiger partial charge on any atom is -0.497 e. The van der Waals surface area contributed by atoms with E-state index in [0.29, 0.717) is 17.9 Å². The largest absolute Gasteiger partial charge is 0.497 e. The predicted molar refractivity (Wildman–Crippen MR) is 151 cm³/mol. The summed E-state index contributed by atoms with van der Waals surface area (Å²) in [6, 6.07) is 12.0. The van der Waals surface area contributed by atoms with E-state index in [-0.39, 0.29) is 18.5 Å². The summed E-state index contributed by atoms with van der Waals surface area (Å²) in [6.45, 7) is 5.49. The number of hydrogen-bond acceptors (Lipinski definition) is 5. The summed E-state index contributed by atoms with van der Waals surface area (Å²) < 4.78 is 32.0. The van der Waals surface area contributed by atoms with Crippen molar-refractivity contribution in [2.45, 2.75) is 77.9 Å². The second-order valence-corrected chi connectivity index (χ2v) is 12.1. The van der Waals surface area contributed by atoms with E-state index in [4.69, 9.17) is 4.74 Å². The fourth-order valence-electron chi connectivity index (χ4n) is 4.89. The number of sulfonamides is 1. The minimum absolute atomic E-state index is 0.103. The smallest absolute Gasteiger partial charge is 0.244 e. The number of benzene rings is 2. The zero-order chi connectivity index (χ0) is 27.9. The van der Waals surface area contributed by atoms with Gasteiger partial charge in [0.15, 0.2) is 0 Å². The zero-order valence-corrected chi connectivity index (χ0v) is 24.0. The van der Waals surface area contributed by atoms with E-state index < -0.39 is 28.5 Å². The summed E-state index contributed by atoms with van der Waals surface area (Å²) in [5, 5.41) is 3.15. The van der Waals surface area contributed by atoms with E-state index in [9.17, 15) is 18.0 Å². The Bertz CT molecular complexity index is 1210. The third kappa shape index (κ3) is 7.72. The number of ether oxygens (including phenoxy) is 1. The number of carbonyl (C=O) groups is 2. The molecule has 1 N–H and O–H groups in total. The summed E-state index contributed by atoms with van der Waals surface area (Å²) in [4.78, 5) is 28.8. The van der Waals surface area contributed by atoms with Gasteiger partial charge < -0.3 is 15.0 Å². The molecule has 1 aliphatic carbocycles. The van der Waals surface area contributed by atoms with Crippen molar-refractivity contribution in [3.8, 4) is 5.75 Å². The van der Waals surface area contributed by atoms with Crippen LogP contribution in [0, 0.1) is 13.8 Å². The molecule has 2 amide bonds. The number of nitrogens with one attached hydrogen (secondary N) is 1. The van der Waals surface area contributed by atoms with Crippen molar-refractivity contribution >= 4 is 27.5 Å². The number of carbonyl (C=O) groups excluding carboxylic acids is 2. The first kappa shape index (κ1) is 29.5. The van der Waals surface area contributed by atoms with Gasteiger partial charge in [0.2, 0.25) is 21.8 Å². The van der Waals surface area contributed by atoms with E-state index in [0.717, 1.165) is 52.9 Å². The number of rotatable bonds is 11. The maximum Gasteiger partial charge on any atom is 0.244 e. The molecule has 2 aromatic rings. The highest BCUT2D eigenvalue weighted by molar-refractivity contribution is 7.92. The van der Waals surface area contributed by atoms with Gasteiger partial charge in [-0.1, -0.05) is 44.4 Å². The third-order valence-corrected chi connectivity index (χ3v) is 8.45. The Morgan fingerprint density at radius 2 is 1.68 bits per heavy atom. The minimum atomic E-state index is -3.76. The molecule has 1 fully saturated rings. The fraction of sp³-hybridized carbons (Fsp3) is 0.517. The summed E-state index contributed by atoms with van der Waals surface area (Å²) >= 11 is 0. The van der Waals surface area contributed by atoms with Crippen LogP contribution in [-0.4, -0.2) is 57.1 Å². The highest BCUT2D eigenvalue weighted by Crippen LogP contribution is 2.23. The van der Waals surface area contributed by atoms with Crippen molar-refractivity contribution in [2.24, 2.45) is 0 Å². The molecular weight excluding hydrogens is 502 g/mol. The number of aryl methyl sites for hydroxylation is 2. The molecule has 1 atom stereocenters. The molecule has 3 rings (SSSR count). The second-order valence-electron chi connectivity index (χ2n) is 10.2. The summed E-state index contributed by atoms with van der Waals surface area (Å²) in [5.41, 5.74) is 3.20. The quantitative estimate of drug-likeness (QED) is 0.455. The molecule has 38 heavy (non-hydrogen) atoms. The van der Waals surface area contributed by atoms with Gasteiger partial charge in [-0.25, -0.2) is 8.42 Å². The first-order chi connectivity index (χ1) is 18.0. The van der Waals surface area contributed by atoms with Gasteiger partial charge in [0.25, 0.3) is 0 Å². The highest BCUT2D eigenvalue weighted by atomic mass is 32.2. The van der Waals surface area contributed by atoms with Crippen LogP contribution in [0.5, 0.6) is 5.75 Å². The molecular formula is C29H41N3O5S. The lowest BCUT2D eigenvalue weighted by Crippen LogP contribution is -2.53. The maximum atomic E-state index is 13.9. The molecule has 0 aromatic heterocycles. The summed E-state index contributed by atoms with van der Waals surface area (Å²) in [6.07, 6.45) is 6.70. The Kier molecular flexibility index (Phi) is 10.2. The predicted octanol–water partition coefficient (Wildman–Crippen LogP) is 4.33. The van der Waals surface area contributed by atoms with Crippen molar-refractivity contribution < 1.29 is 22.7 Å². The van der Waals surface area contributed by atoms with Gasteiger partial charge in [-0.15, -0.1) is 0 Å². The normalized spacial score (nSPS) is 15.0. The lowest BCUT2D eigenvalue weighted by molar-refractivity contribution is -0.140. The summed E-state index contributed by atoms with van der Waals surface area (Å²) in [7, 11) is -2.18. The molecule has 208 valence electrons. The van der Waals surface area contributed by atoms with Crippen LogP contribution in [-0.2, 0) is 26.2 Å². The van der Waals surface area contributed by atoms with Crippen LogP contribution in [0.2, 0.25) is 0 Å². The van der Waals surface area contributed by atoms with Gasteiger partial charge in [0, 0.05) is 12.6 Å². The van der Waals surface area contributed by atoms with E-state index in [1.54, 1.807) is 31.4 Å². The second kappa shape index (κ2) is 13.1. The highest BCUT2D eigenvalue weighted by Gasteiger charge is 2.32. The van der Waals surface area contributed by atoms with Gasteiger partial charge in [-0.3, -0.25) is 13.9 Å². The molecule has 0 heterocycles. The Morgan fingerprint density at radius 3 is 2.24 bits per heavy atom. The van der Waals surface area contributed by atoms with Crippen molar-refractivity contribution in [1.82, 2.24) is 10.2 Å². The first-order valence-electron chi connectivity index (χ1n) is 13.3. The average molecular weight is 544 g/mol. The number of methoxy groups -OCH3 is 1. The van der Waals surface area contributed by atoms with E-state index in [2.05, 4.69) is 5.32 Å². The number of anilines is 1. The van der Waals surface area contributed by atoms with Crippen molar-refractivity contribution in [3.05, 3.63) is 59.2 Å². The molecule has 0 aliphatic heterocycles. The third-order valence-electron chi connectivity index (χ3n) is 7.31. The Balaban J connectivity index is 1.92.